The molecule has 1 aliphatic rings. The number of nitro benzene ring substituents is 1. The maximum Gasteiger partial charge on any atom is 0.278 e. The molecule has 166 valence electrons. The van der Waals surface area contributed by atoms with Crippen LogP contribution in [0.1, 0.15) is 19.4 Å². The summed E-state index contributed by atoms with van der Waals surface area (Å²) >= 11 is 0. The lowest BCUT2D eigenvalue weighted by Crippen LogP contribution is -2.32. The van der Waals surface area contributed by atoms with Gasteiger partial charge in [-0.15, -0.1) is 6.58 Å². The van der Waals surface area contributed by atoms with E-state index in [1.165, 1.54) is 30.3 Å². The van der Waals surface area contributed by atoms with Gasteiger partial charge < -0.3 is 14.8 Å². The molecule has 9 heteroatoms. The summed E-state index contributed by atoms with van der Waals surface area (Å²) < 4.78 is 11.2. The van der Waals surface area contributed by atoms with Crippen LogP contribution in [-0.2, 0) is 9.59 Å². The van der Waals surface area contributed by atoms with E-state index in [1.54, 1.807) is 18.2 Å². The first-order chi connectivity index (χ1) is 15.4. The molecular formula is C23H23N3O6. The number of amides is 2. The number of nitro groups is 1. The Morgan fingerprint density at radius 1 is 1.03 bits per heavy atom. The maximum absolute atomic E-state index is 13.0. The number of nitrogens with one attached hydrogen (secondary N) is 1. The Morgan fingerprint density at radius 3 is 2.28 bits per heavy atom. The van der Waals surface area contributed by atoms with E-state index in [2.05, 4.69) is 11.9 Å². The lowest BCUT2D eigenvalue weighted by molar-refractivity contribution is -0.384. The van der Waals surface area contributed by atoms with E-state index in [0.29, 0.717) is 36.0 Å². The molecule has 0 unspecified atom stereocenters. The van der Waals surface area contributed by atoms with Crippen molar-refractivity contribution in [2.45, 2.75) is 13.8 Å². The first-order valence-corrected chi connectivity index (χ1v) is 10.0. The lowest BCUT2D eigenvalue weighted by Gasteiger charge is -2.15. The third kappa shape index (κ3) is 4.46. The summed E-state index contributed by atoms with van der Waals surface area (Å²) in [6, 6.07) is 10.6. The number of anilines is 1. The van der Waals surface area contributed by atoms with E-state index in [-0.39, 0.29) is 23.5 Å². The molecule has 0 saturated carbocycles. The fourth-order valence-corrected chi connectivity index (χ4v) is 3.28. The summed E-state index contributed by atoms with van der Waals surface area (Å²) in [6.45, 7) is 8.23. The van der Waals surface area contributed by atoms with Crippen molar-refractivity contribution < 1.29 is 24.0 Å². The van der Waals surface area contributed by atoms with Crippen LogP contribution in [0.25, 0.3) is 5.57 Å². The molecule has 1 N–H and O–H groups in total. The highest BCUT2D eigenvalue weighted by Crippen LogP contribution is 2.34. The summed E-state index contributed by atoms with van der Waals surface area (Å²) in [4.78, 5) is 37.5. The van der Waals surface area contributed by atoms with Gasteiger partial charge in [-0.05, 0) is 43.7 Å². The molecule has 32 heavy (non-hydrogen) atoms. The smallest absolute Gasteiger partial charge is 0.278 e. The predicted molar refractivity (Wildman–Crippen MR) is 119 cm³/mol. The summed E-state index contributed by atoms with van der Waals surface area (Å²) in [6.07, 6.45) is 1.45. The highest BCUT2D eigenvalue weighted by Gasteiger charge is 2.38. The van der Waals surface area contributed by atoms with Gasteiger partial charge in [-0.2, -0.15) is 0 Å². The zero-order chi connectivity index (χ0) is 23.3. The maximum atomic E-state index is 13.0. The van der Waals surface area contributed by atoms with Gasteiger partial charge in [-0.1, -0.05) is 6.08 Å². The molecule has 2 aromatic rings. The van der Waals surface area contributed by atoms with Crippen molar-refractivity contribution in [2.24, 2.45) is 0 Å². The monoisotopic (exact) mass is 437 g/mol. The molecule has 9 nitrogen and oxygen atoms in total. The van der Waals surface area contributed by atoms with E-state index < -0.39 is 16.7 Å². The normalized spacial score (nSPS) is 13.4. The van der Waals surface area contributed by atoms with Gasteiger partial charge >= 0.3 is 0 Å². The Balaban J connectivity index is 2.05. The molecule has 1 aliphatic heterocycles. The minimum atomic E-state index is -0.530. The topological polar surface area (TPSA) is 111 Å². The molecule has 0 saturated heterocycles. The lowest BCUT2D eigenvalue weighted by atomic mass is 10.0. The molecule has 0 fully saturated rings. The minimum Gasteiger partial charge on any atom is -0.490 e. The molecule has 0 bridgehead atoms. The summed E-state index contributed by atoms with van der Waals surface area (Å²) in [5, 5.41) is 14.0. The van der Waals surface area contributed by atoms with Crippen molar-refractivity contribution in [1.29, 1.82) is 0 Å². The molecule has 0 atom stereocenters. The van der Waals surface area contributed by atoms with Crippen LogP contribution >= 0.6 is 0 Å². The summed E-state index contributed by atoms with van der Waals surface area (Å²) in [7, 11) is 0. The Kier molecular flexibility index (Phi) is 6.89. The second kappa shape index (κ2) is 9.78. The third-order valence-corrected chi connectivity index (χ3v) is 4.66. The molecule has 0 aromatic heterocycles. The van der Waals surface area contributed by atoms with Gasteiger partial charge in [0.15, 0.2) is 11.5 Å². The second-order valence-corrected chi connectivity index (χ2v) is 6.72. The van der Waals surface area contributed by atoms with Crippen LogP contribution in [0.5, 0.6) is 11.5 Å². The Bertz CT molecular complexity index is 1090. The number of hydrogen-bond donors (Lipinski definition) is 1. The zero-order valence-electron chi connectivity index (χ0n) is 17.8. The molecule has 0 spiro atoms. The molecule has 0 radical (unpaired) electrons. The van der Waals surface area contributed by atoms with E-state index in [1.807, 2.05) is 13.8 Å². The number of imide groups is 1. The number of carbonyl (C=O) groups is 2. The first-order valence-electron chi connectivity index (χ1n) is 10.0. The number of carbonyl (C=O) groups excluding carboxylic acids is 2. The van der Waals surface area contributed by atoms with Crippen molar-refractivity contribution >= 4 is 28.8 Å². The number of ether oxygens (including phenoxy) is 2. The van der Waals surface area contributed by atoms with Gasteiger partial charge in [0, 0.05) is 30.4 Å². The quantitative estimate of drug-likeness (QED) is 0.261. The molecule has 1 heterocycles. The highest BCUT2D eigenvalue weighted by molar-refractivity contribution is 6.36. The third-order valence-electron chi connectivity index (χ3n) is 4.66. The minimum absolute atomic E-state index is 0.0345. The van der Waals surface area contributed by atoms with Gasteiger partial charge in [0.05, 0.1) is 23.7 Å². The van der Waals surface area contributed by atoms with Crippen LogP contribution in [-0.4, -0.2) is 41.4 Å². The highest BCUT2D eigenvalue weighted by atomic mass is 16.6. The average Bonchev–Trinajstić information content (AvgIpc) is 3.00. The molecule has 2 aromatic carbocycles. The standard InChI is InChI=1S/C23H23N3O6/c1-4-13-25-22(27)20(15-7-10-17(11-8-15)26(29)30)21(23(25)28)24-16-9-12-18(31-5-2)19(14-16)32-6-3/h4,7-12,14,24H,1,5-6,13H2,2-3H3. The average molecular weight is 437 g/mol. The van der Waals surface area contributed by atoms with Crippen LogP contribution in [0.15, 0.2) is 60.8 Å². The number of rotatable bonds is 10. The first kappa shape index (κ1) is 22.5. The van der Waals surface area contributed by atoms with E-state index in [0.717, 1.165) is 4.90 Å². The van der Waals surface area contributed by atoms with Crippen molar-refractivity contribution in [2.75, 3.05) is 25.1 Å². The van der Waals surface area contributed by atoms with Crippen molar-refractivity contribution in [3.8, 4) is 11.5 Å². The fourth-order valence-electron chi connectivity index (χ4n) is 3.28. The second-order valence-electron chi connectivity index (χ2n) is 6.72. The van der Waals surface area contributed by atoms with Crippen LogP contribution in [0, 0.1) is 10.1 Å². The van der Waals surface area contributed by atoms with Crippen LogP contribution in [0.2, 0.25) is 0 Å². The zero-order valence-corrected chi connectivity index (χ0v) is 17.8. The van der Waals surface area contributed by atoms with Crippen LogP contribution in [0.4, 0.5) is 11.4 Å². The SMILES string of the molecule is C=CCN1C(=O)C(Nc2ccc(OCC)c(OCC)c2)=C(c2ccc([N+](=O)[O-])cc2)C1=O. The Hall–Kier alpha value is -4.14. The van der Waals surface area contributed by atoms with Gasteiger partial charge in [-0.25, -0.2) is 0 Å². The van der Waals surface area contributed by atoms with Crippen molar-refractivity contribution in [1.82, 2.24) is 4.90 Å². The number of non-ortho nitro benzene ring substituents is 1. The van der Waals surface area contributed by atoms with Gasteiger partial charge in [0.25, 0.3) is 17.5 Å². The largest absolute Gasteiger partial charge is 0.490 e. The van der Waals surface area contributed by atoms with Gasteiger partial charge in [0.2, 0.25) is 0 Å². The molecule has 2 amide bonds. The number of benzene rings is 2. The molecular weight excluding hydrogens is 414 g/mol. The molecule has 3 rings (SSSR count). The van der Waals surface area contributed by atoms with Gasteiger partial charge in [-0.3, -0.25) is 24.6 Å². The fraction of sp³-hybridized carbons (Fsp3) is 0.217. The van der Waals surface area contributed by atoms with Crippen LogP contribution < -0.4 is 14.8 Å². The van der Waals surface area contributed by atoms with Crippen molar-refractivity contribution in [3.05, 3.63) is 76.5 Å². The Morgan fingerprint density at radius 2 is 1.69 bits per heavy atom. The van der Waals surface area contributed by atoms with E-state index >= 15 is 0 Å². The predicted octanol–water partition coefficient (Wildman–Crippen LogP) is 3.77. The summed E-state index contributed by atoms with van der Waals surface area (Å²) in [5.41, 5.74) is 0.985. The summed E-state index contributed by atoms with van der Waals surface area (Å²) in [5.74, 6) is 0.0282. The van der Waals surface area contributed by atoms with E-state index in [9.17, 15) is 19.7 Å². The number of hydrogen-bond acceptors (Lipinski definition) is 7. The van der Waals surface area contributed by atoms with Crippen molar-refractivity contribution in [3.63, 3.8) is 0 Å². The number of nitrogens with zero attached hydrogens (tertiary/aromatic N) is 2. The molecule has 0 aliphatic carbocycles. The van der Waals surface area contributed by atoms with Crippen LogP contribution in [0.3, 0.4) is 0 Å². The van der Waals surface area contributed by atoms with E-state index in [4.69, 9.17) is 9.47 Å². The Labute approximate surface area is 185 Å². The van der Waals surface area contributed by atoms with Gasteiger partial charge in [0.1, 0.15) is 5.70 Å².